The highest BCUT2D eigenvalue weighted by molar-refractivity contribution is 5.94. The quantitative estimate of drug-likeness (QED) is 0.824. The van der Waals surface area contributed by atoms with Crippen LogP contribution in [0.5, 0.6) is 0 Å². The zero-order chi connectivity index (χ0) is 20.4. The number of aryl methyl sites for hydroxylation is 1. The second-order valence-electron chi connectivity index (χ2n) is 7.95. The predicted octanol–water partition coefficient (Wildman–Crippen LogP) is 3.77. The van der Waals surface area contributed by atoms with Crippen LogP contribution >= 0.6 is 0 Å². The van der Waals surface area contributed by atoms with Crippen molar-refractivity contribution >= 4 is 11.9 Å². The maximum atomic E-state index is 12.9. The van der Waals surface area contributed by atoms with Gasteiger partial charge in [0.05, 0.1) is 11.4 Å². The molecule has 1 saturated heterocycles. The number of aromatic nitrogens is 2. The van der Waals surface area contributed by atoms with Crippen LogP contribution < -0.4 is 0 Å². The molecular formula is C22H29N3O3. The molecule has 1 fully saturated rings. The largest absolute Gasteiger partial charge is 0.481 e. The fourth-order valence-electron chi connectivity index (χ4n) is 4.17. The lowest BCUT2D eigenvalue weighted by Gasteiger charge is -2.27. The number of carboxylic acids is 1. The van der Waals surface area contributed by atoms with E-state index in [0.717, 1.165) is 42.0 Å². The number of carboxylic acid groups (broad SMARTS) is 1. The van der Waals surface area contributed by atoms with Crippen molar-refractivity contribution in [2.75, 3.05) is 6.54 Å². The molecule has 6 heteroatoms. The summed E-state index contributed by atoms with van der Waals surface area (Å²) >= 11 is 0. The first kappa shape index (κ1) is 20.1. The third-order valence-electron chi connectivity index (χ3n) is 5.72. The first-order chi connectivity index (χ1) is 13.3. The van der Waals surface area contributed by atoms with Gasteiger partial charge in [0.15, 0.2) is 0 Å². The Bertz CT molecular complexity index is 868. The fourth-order valence-corrected chi connectivity index (χ4v) is 4.17. The van der Waals surface area contributed by atoms with Crippen LogP contribution in [0.1, 0.15) is 60.4 Å². The Balaban J connectivity index is 1.80. The number of carbonyl (C=O) groups is 2. The number of nitrogens with zero attached hydrogens (tertiary/aromatic N) is 3. The molecule has 1 unspecified atom stereocenters. The molecule has 1 aliphatic heterocycles. The Morgan fingerprint density at radius 2 is 1.89 bits per heavy atom. The van der Waals surface area contributed by atoms with Crippen LogP contribution in [0.15, 0.2) is 24.3 Å². The summed E-state index contributed by atoms with van der Waals surface area (Å²) in [5.41, 5.74) is 4.33. The molecule has 1 aromatic carbocycles. The van der Waals surface area contributed by atoms with Crippen LogP contribution in [0.25, 0.3) is 5.69 Å². The number of amides is 1. The third kappa shape index (κ3) is 3.96. The molecule has 0 radical (unpaired) electrons. The van der Waals surface area contributed by atoms with Gasteiger partial charge in [-0.05, 0) is 68.9 Å². The maximum Gasteiger partial charge on any atom is 0.303 e. The van der Waals surface area contributed by atoms with E-state index in [0.29, 0.717) is 23.9 Å². The molecule has 1 atom stereocenters. The summed E-state index contributed by atoms with van der Waals surface area (Å²) in [5.74, 6) is -0.251. The van der Waals surface area contributed by atoms with Gasteiger partial charge in [-0.25, -0.2) is 4.68 Å². The lowest BCUT2D eigenvalue weighted by molar-refractivity contribution is -0.136. The van der Waals surface area contributed by atoms with Gasteiger partial charge in [0, 0.05) is 30.3 Å². The molecule has 1 aliphatic rings. The molecule has 1 N–H and O–H groups in total. The summed E-state index contributed by atoms with van der Waals surface area (Å²) in [6, 6.07) is 7.86. The van der Waals surface area contributed by atoms with Crippen LogP contribution in [-0.2, 0) is 11.2 Å². The van der Waals surface area contributed by atoms with Gasteiger partial charge in [0.25, 0.3) is 5.91 Å². The van der Waals surface area contributed by atoms with Gasteiger partial charge in [0.2, 0.25) is 0 Å². The number of hydrogen-bond donors (Lipinski definition) is 1. The van der Waals surface area contributed by atoms with Crippen molar-refractivity contribution in [3.05, 3.63) is 46.8 Å². The van der Waals surface area contributed by atoms with Crippen LogP contribution in [0, 0.1) is 19.8 Å². The van der Waals surface area contributed by atoms with Crippen molar-refractivity contribution in [3.8, 4) is 5.69 Å². The van der Waals surface area contributed by atoms with Crippen molar-refractivity contribution < 1.29 is 14.7 Å². The average molecular weight is 383 g/mol. The van der Waals surface area contributed by atoms with Crippen molar-refractivity contribution in [1.82, 2.24) is 14.7 Å². The summed E-state index contributed by atoms with van der Waals surface area (Å²) in [4.78, 5) is 25.8. The highest BCUT2D eigenvalue weighted by Crippen LogP contribution is 2.26. The Morgan fingerprint density at radius 1 is 1.21 bits per heavy atom. The Labute approximate surface area is 166 Å². The number of likely N-dealkylation sites (tertiary alicyclic amines) is 1. The zero-order valence-electron chi connectivity index (χ0n) is 17.1. The average Bonchev–Trinajstić information content (AvgIpc) is 3.25. The molecule has 6 nitrogen and oxygen atoms in total. The topological polar surface area (TPSA) is 75.4 Å². The Morgan fingerprint density at radius 3 is 2.50 bits per heavy atom. The second-order valence-corrected chi connectivity index (χ2v) is 7.95. The smallest absolute Gasteiger partial charge is 0.303 e. The van der Waals surface area contributed by atoms with Gasteiger partial charge in [-0.2, -0.15) is 5.10 Å². The molecule has 0 bridgehead atoms. The van der Waals surface area contributed by atoms with Crippen molar-refractivity contribution in [2.45, 2.75) is 59.4 Å². The maximum absolute atomic E-state index is 12.9. The number of benzene rings is 1. The van der Waals surface area contributed by atoms with Crippen molar-refractivity contribution in [1.29, 1.82) is 0 Å². The Hall–Kier alpha value is -2.63. The first-order valence-corrected chi connectivity index (χ1v) is 9.98. The van der Waals surface area contributed by atoms with E-state index in [2.05, 4.69) is 18.9 Å². The third-order valence-corrected chi connectivity index (χ3v) is 5.72. The number of carbonyl (C=O) groups excluding carboxylic acids is 1. The fraction of sp³-hybridized carbons (Fsp3) is 0.500. The lowest BCUT2D eigenvalue weighted by Crippen LogP contribution is -2.38. The van der Waals surface area contributed by atoms with Gasteiger partial charge in [-0.1, -0.05) is 13.8 Å². The van der Waals surface area contributed by atoms with Gasteiger partial charge in [-0.3, -0.25) is 9.59 Å². The second kappa shape index (κ2) is 8.17. The van der Waals surface area contributed by atoms with E-state index in [1.54, 1.807) is 0 Å². The SMILES string of the molecule is Cc1nn(-c2ccc(C(=O)N3CCCC3C(C)C)cc2)c(C)c1CCC(=O)O. The summed E-state index contributed by atoms with van der Waals surface area (Å²) < 4.78 is 1.83. The van der Waals surface area contributed by atoms with E-state index in [-0.39, 0.29) is 12.3 Å². The normalized spacial score (nSPS) is 16.8. The summed E-state index contributed by atoms with van der Waals surface area (Å²) in [5, 5.41) is 13.5. The number of hydrogen-bond acceptors (Lipinski definition) is 3. The first-order valence-electron chi connectivity index (χ1n) is 9.98. The van der Waals surface area contributed by atoms with Crippen molar-refractivity contribution in [2.24, 2.45) is 5.92 Å². The Kier molecular flexibility index (Phi) is 5.87. The minimum Gasteiger partial charge on any atom is -0.481 e. The van der Waals surface area contributed by atoms with Crippen molar-refractivity contribution in [3.63, 3.8) is 0 Å². The summed E-state index contributed by atoms with van der Waals surface area (Å²) in [6.07, 6.45) is 2.70. The van der Waals surface area contributed by atoms with Crippen LogP contribution in [0.4, 0.5) is 0 Å². The molecule has 3 rings (SSSR count). The predicted molar refractivity (Wildman–Crippen MR) is 108 cm³/mol. The van der Waals surface area contributed by atoms with Crippen LogP contribution in [0.2, 0.25) is 0 Å². The number of aliphatic carboxylic acids is 1. The summed E-state index contributed by atoms with van der Waals surface area (Å²) in [6.45, 7) is 9.02. The zero-order valence-corrected chi connectivity index (χ0v) is 17.1. The van der Waals surface area contributed by atoms with Crippen LogP contribution in [0.3, 0.4) is 0 Å². The van der Waals surface area contributed by atoms with Gasteiger partial charge >= 0.3 is 5.97 Å². The number of rotatable bonds is 6. The van der Waals surface area contributed by atoms with Gasteiger partial charge in [0.1, 0.15) is 0 Å². The van der Waals surface area contributed by atoms with E-state index in [9.17, 15) is 9.59 Å². The lowest BCUT2D eigenvalue weighted by atomic mass is 10.0. The molecule has 1 aromatic heterocycles. The standard InChI is InChI=1S/C22H29N3O3/c1-14(2)20-6-5-13-24(20)22(28)17-7-9-18(10-8-17)25-16(4)19(15(3)23-25)11-12-21(26)27/h7-10,14,20H,5-6,11-13H2,1-4H3,(H,26,27). The molecule has 1 amide bonds. The summed E-state index contributed by atoms with van der Waals surface area (Å²) in [7, 11) is 0. The molecule has 0 spiro atoms. The highest BCUT2D eigenvalue weighted by Gasteiger charge is 2.31. The monoisotopic (exact) mass is 383 g/mol. The van der Waals surface area contributed by atoms with E-state index < -0.39 is 5.97 Å². The van der Waals surface area contributed by atoms with Crippen LogP contribution in [-0.4, -0.2) is 44.3 Å². The van der Waals surface area contributed by atoms with E-state index >= 15 is 0 Å². The van der Waals surface area contributed by atoms with Gasteiger partial charge < -0.3 is 10.0 Å². The minimum atomic E-state index is -0.809. The molecular weight excluding hydrogens is 354 g/mol. The minimum absolute atomic E-state index is 0.0909. The highest BCUT2D eigenvalue weighted by atomic mass is 16.4. The van der Waals surface area contributed by atoms with E-state index in [1.807, 2.05) is 47.7 Å². The molecule has 0 saturated carbocycles. The molecule has 2 heterocycles. The molecule has 150 valence electrons. The van der Waals surface area contributed by atoms with E-state index in [4.69, 9.17) is 5.11 Å². The molecule has 0 aliphatic carbocycles. The molecule has 2 aromatic rings. The van der Waals surface area contributed by atoms with Gasteiger partial charge in [-0.15, -0.1) is 0 Å². The van der Waals surface area contributed by atoms with E-state index in [1.165, 1.54) is 0 Å². The molecule has 28 heavy (non-hydrogen) atoms.